The minimum absolute atomic E-state index is 0.0901. The quantitative estimate of drug-likeness (QED) is 0.905. The van der Waals surface area contributed by atoms with Crippen LogP contribution in [0.1, 0.15) is 18.1 Å². The number of hydrogen-bond acceptors (Lipinski definition) is 3. The molecule has 0 saturated carbocycles. The number of ether oxygens (including phenoxy) is 1. The highest BCUT2D eigenvalue weighted by Crippen LogP contribution is 2.26. The Morgan fingerprint density at radius 1 is 1.20 bits per heavy atom. The van der Waals surface area contributed by atoms with Crippen molar-refractivity contribution in [2.45, 2.75) is 18.6 Å². The van der Waals surface area contributed by atoms with Crippen LogP contribution < -0.4 is 10.1 Å². The summed E-state index contributed by atoms with van der Waals surface area (Å²) < 4.78 is 32.4. The summed E-state index contributed by atoms with van der Waals surface area (Å²) in [7, 11) is 1.74. The molecule has 2 atom stereocenters. The highest BCUT2D eigenvalue weighted by molar-refractivity contribution is 5.82. The number of carbonyl (C=O) groups excluding carboxylic acids is 1. The fraction of sp³-hybridized carbons (Fsp3) is 0.316. The molecule has 0 bridgehead atoms. The van der Waals surface area contributed by atoms with Gasteiger partial charge in [0.2, 0.25) is 6.10 Å². The lowest BCUT2D eigenvalue weighted by atomic mass is 10.1. The summed E-state index contributed by atoms with van der Waals surface area (Å²) in [5.41, 5.74) is 0.662. The number of carbonyl (C=O) groups is 1. The van der Waals surface area contributed by atoms with Gasteiger partial charge in [0.25, 0.3) is 5.91 Å². The molecular weight excluding hydrogens is 326 g/mol. The van der Waals surface area contributed by atoms with Gasteiger partial charge in [-0.15, -0.1) is 0 Å². The lowest BCUT2D eigenvalue weighted by molar-refractivity contribution is -0.139. The van der Waals surface area contributed by atoms with Gasteiger partial charge in [0.05, 0.1) is 0 Å². The van der Waals surface area contributed by atoms with E-state index in [1.54, 1.807) is 36.2 Å². The normalized spacial score (nSPS) is 18.0. The van der Waals surface area contributed by atoms with Crippen molar-refractivity contribution in [3.05, 3.63) is 65.7 Å². The molecule has 4 nitrogen and oxygen atoms in total. The Morgan fingerprint density at radius 3 is 2.60 bits per heavy atom. The molecule has 0 aromatic heterocycles. The molecule has 2 aromatic carbocycles. The largest absolute Gasteiger partial charge is 0.476 e. The van der Waals surface area contributed by atoms with Crippen LogP contribution >= 0.6 is 0 Å². The maximum Gasteiger partial charge on any atom is 0.268 e. The van der Waals surface area contributed by atoms with Gasteiger partial charge in [0.1, 0.15) is 5.75 Å². The third kappa shape index (κ3) is 3.96. The molecule has 1 aliphatic heterocycles. The fourth-order valence-electron chi connectivity index (χ4n) is 2.91. The number of likely N-dealkylation sites (N-methyl/N-ethyl adjacent to an activating group) is 1. The molecular formula is C19H20F2N2O2. The van der Waals surface area contributed by atoms with E-state index in [-0.39, 0.29) is 17.7 Å². The van der Waals surface area contributed by atoms with E-state index >= 15 is 0 Å². The van der Waals surface area contributed by atoms with Gasteiger partial charge in [-0.3, -0.25) is 4.79 Å². The average molecular weight is 346 g/mol. The molecule has 0 aliphatic carbocycles. The van der Waals surface area contributed by atoms with Crippen LogP contribution in [0.3, 0.4) is 0 Å². The Hall–Kier alpha value is -2.47. The van der Waals surface area contributed by atoms with Crippen molar-refractivity contribution in [3.63, 3.8) is 0 Å². The molecule has 1 amide bonds. The molecule has 6 heteroatoms. The van der Waals surface area contributed by atoms with Crippen molar-refractivity contribution >= 4 is 5.91 Å². The Kier molecular flexibility index (Phi) is 5.28. The van der Waals surface area contributed by atoms with Crippen LogP contribution in [0.15, 0.2) is 48.5 Å². The van der Waals surface area contributed by atoms with Gasteiger partial charge in [0.15, 0.2) is 11.6 Å². The number of halogens is 2. The molecule has 1 aliphatic rings. The van der Waals surface area contributed by atoms with Crippen molar-refractivity contribution < 1.29 is 18.3 Å². The van der Waals surface area contributed by atoms with E-state index in [1.807, 2.05) is 6.07 Å². The topological polar surface area (TPSA) is 41.6 Å². The standard InChI is InChI=1S/C19H20F2N2O2/c1-23(14-9-10-22-12-14)19(24)18(13-5-3-2-4-6-13)25-15-7-8-16(20)17(21)11-15/h2-8,11,14,18,22H,9-10,12H2,1H3. The summed E-state index contributed by atoms with van der Waals surface area (Å²) in [5, 5.41) is 3.22. The highest BCUT2D eigenvalue weighted by atomic mass is 19.2. The first kappa shape index (κ1) is 17.4. The summed E-state index contributed by atoms with van der Waals surface area (Å²) in [6.45, 7) is 1.59. The van der Waals surface area contributed by atoms with Gasteiger partial charge in [-0.1, -0.05) is 30.3 Å². The van der Waals surface area contributed by atoms with Crippen LogP contribution in [0.25, 0.3) is 0 Å². The molecule has 1 heterocycles. The first-order valence-corrected chi connectivity index (χ1v) is 8.20. The molecule has 3 rings (SSSR count). The predicted molar refractivity (Wildman–Crippen MR) is 90.2 cm³/mol. The van der Waals surface area contributed by atoms with Crippen molar-refractivity contribution in [1.29, 1.82) is 0 Å². The first-order chi connectivity index (χ1) is 12.1. The fourth-order valence-corrected chi connectivity index (χ4v) is 2.91. The van der Waals surface area contributed by atoms with E-state index < -0.39 is 17.7 Å². The first-order valence-electron chi connectivity index (χ1n) is 8.20. The SMILES string of the molecule is CN(C(=O)C(Oc1ccc(F)c(F)c1)c1ccccc1)C1CCNC1. The van der Waals surface area contributed by atoms with E-state index in [0.29, 0.717) is 5.56 Å². The molecule has 25 heavy (non-hydrogen) atoms. The lowest BCUT2D eigenvalue weighted by Crippen LogP contribution is -2.42. The van der Waals surface area contributed by atoms with Gasteiger partial charge in [-0.05, 0) is 25.1 Å². The van der Waals surface area contributed by atoms with Gasteiger partial charge in [-0.2, -0.15) is 0 Å². The molecule has 1 N–H and O–H groups in total. The Morgan fingerprint density at radius 2 is 1.96 bits per heavy atom. The second kappa shape index (κ2) is 7.61. The molecule has 1 saturated heterocycles. The second-order valence-electron chi connectivity index (χ2n) is 6.08. The lowest BCUT2D eigenvalue weighted by Gasteiger charge is -2.29. The third-order valence-corrected chi connectivity index (χ3v) is 4.40. The van der Waals surface area contributed by atoms with Crippen LogP contribution in [-0.2, 0) is 4.79 Å². The Bertz CT molecular complexity index is 733. The average Bonchev–Trinajstić information content (AvgIpc) is 3.17. The number of nitrogens with one attached hydrogen (secondary N) is 1. The van der Waals surface area contributed by atoms with Crippen LogP contribution in [0.5, 0.6) is 5.75 Å². The van der Waals surface area contributed by atoms with Gasteiger partial charge in [-0.25, -0.2) is 8.78 Å². The summed E-state index contributed by atoms with van der Waals surface area (Å²) in [6.07, 6.45) is -0.0498. The predicted octanol–water partition coefficient (Wildman–Crippen LogP) is 2.91. The third-order valence-electron chi connectivity index (χ3n) is 4.40. The number of amides is 1. The van der Waals surface area contributed by atoms with E-state index in [9.17, 15) is 13.6 Å². The van der Waals surface area contributed by atoms with Crippen molar-refractivity contribution in [3.8, 4) is 5.75 Å². The number of hydrogen-bond donors (Lipinski definition) is 1. The van der Waals surface area contributed by atoms with E-state index in [4.69, 9.17) is 4.74 Å². The minimum atomic E-state index is -1.01. The monoisotopic (exact) mass is 346 g/mol. The van der Waals surface area contributed by atoms with Gasteiger partial charge >= 0.3 is 0 Å². The van der Waals surface area contributed by atoms with Gasteiger partial charge < -0.3 is 15.0 Å². The minimum Gasteiger partial charge on any atom is -0.476 e. The van der Waals surface area contributed by atoms with Crippen LogP contribution in [-0.4, -0.2) is 37.0 Å². The summed E-state index contributed by atoms with van der Waals surface area (Å²) >= 11 is 0. The zero-order valence-corrected chi connectivity index (χ0v) is 13.9. The zero-order chi connectivity index (χ0) is 17.8. The number of nitrogens with zero attached hydrogens (tertiary/aromatic N) is 1. The van der Waals surface area contributed by atoms with Crippen molar-refractivity contribution in [2.75, 3.05) is 20.1 Å². The summed E-state index contributed by atoms with van der Waals surface area (Å²) in [6, 6.07) is 12.4. The molecule has 2 unspecified atom stereocenters. The van der Waals surface area contributed by atoms with Crippen molar-refractivity contribution in [1.82, 2.24) is 10.2 Å². The van der Waals surface area contributed by atoms with Crippen LogP contribution in [0, 0.1) is 11.6 Å². The maximum atomic E-state index is 13.5. The van der Waals surface area contributed by atoms with Crippen molar-refractivity contribution in [2.24, 2.45) is 0 Å². The van der Waals surface area contributed by atoms with E-state index in [2.05, 4.69) is 5.32 Å². The number of rotatable bonds is 5. The van der Waals surface area contributed by atoms with Crippen LogP contribution in [0.2, 0.25) is 0 Å². The summed E-state index contributed by atoms with van der Waals surface area (Å²) in [4.78, 5) is 14.7. The Labute approximate surface area is 145 Å². The van der Waals surface area contributed by atoms with E-state index in [0.717, 1.165) is 31.6 Å². The molecule has 1 fully saturated rings. The molecule has 132 valence electrons. The maximum absolute atomic E-state index is 13.5. The molecule has 0 spiro atoms. The summed E-state index contributed by atoms with van der Waals surface area (Å²) in [5.74, 6) is -2.07. The smallest absolute Gasteiger partial charge is 0.268 e. The van der Waals surface area contributed by atoms with Crippen LogP contribution in [0.4, 0.5) is 8.78 Å². The van der Waals surface area contributed by atoms with E-state index in [1.165, 1.54) is 6.07 Å². The Balaban J connectivity index is 1.86. The second-order valence-corrected chi connectivity index (χ2v) is 6.08. The highest BCUT2D eigenvalue weighted by Gasteiger charge is 2.31. The molecule has 2 aromatic rings. The van der Waals surface area contributed by atoms with Gasteiger partial charge in [0, 0.05) is 31.3 Å². The molecule has 0 radical (unpaired) electrons. The zero-order valence-electron chi connectivity index (χ0n) is 13.9. The number of benzene rings is 2.